The number of carboxylic acids is 4. The number of aliphatic carboxylic acids is 4. The summed E-state index contributed by atoms with van der Waals surface area (Å²) in [4.78, 5) is 45.2. The predicted molar refractivity (Wildman–Crippen MR) is 71.7 cm³/mol. The van der Waals surface area contributed by atoms with Gasteiger partial charge in [0.2, 0.25) is 0 Å². The molecular weight excluding hydrogens is 316 g/mol. The van der Waals surface area contributed by atoms with Gasteiger partial charge in [-0.1, -0.05) is 0 Å². The second kappa shape index (κ2) is 7.35. The molecule has 0 aromatic heterocycles. The lowest BCUT2D eigenvalue weighted by Crippen LogP contribution is -2.58. The quantitative estimate of drug-likeness (QED) is 0.259. The van der Waals surface area contributed by atoms with E-state index in [-0.39, 0.29) is 12.8 Å². The lowest BCUT2D eigenvalue weighted by Gasteiger charge is -2.37. The molecule has 11 nitrogen and oxygen atoms in total. The predicted octanol–water partition coefficient (Wildman–Crippen LogP) is -2.22. The first-order chi connectivity index (χ1) is 10.6. The summed E-state index contributed by atoms with van der Waals surface area (Å²) in [6, 6.07) is 0. The molecule has 0 aliphatic heterocycles. The van der Waals surface area contributed by atoms with Gasteiger partial charge in [0.15, 0.2) is 0 Å². The van der Waals surface area contributed by atoms with Crippen LogP contribution in [0.15, 0.2) is 0 Å². The van der Waals surface area contributed by atoms with Crippen LogP contribution < -0.4 is 0 Å². The number of hydrogen-bond acceptors (Lipinski definition) is 7. The van der Waals surface area contributed by atoms with Crippen molar-refractivity contribution >= 4 is 23.9 Å². The Balaban J connectivity index is 3.00. The van der Waals surface area contributed by atoms with Crippen LogP contribution in [0.4, 0.5) is 0 Å². The van der Waals surface area contributed by atoms with E-state index in [9.17, 15) is 24.3 Å². The largest absolute Gasteiger partial charge is 0.480 e. The van der Waals surface area contributed by atoms with Crippen LogP contribution in [0.3, 0.4) is 0 Å². The van der Waals surface area contributed by atoms with Crippen molar-refractivity contribution < 1.29 is 44.7 Å². The number of rotatable bonds is 11. The molecule has 130 valence electrons. The summed E-state index contributed by atoms with van der Waals surface area (Å²) in [5.41, 5.74) is -1.29. The molecule has 1 aliphatic rings. The molecule has 0 spiro atoms. The maximum Gasteiger partial charge on any atom is 0.317 e. The van der Waals surface area contributed by atoms with Crippen LogP contribution in [0, 0.1) is 0 Å². The molecule has 0 amide bonds. The van der Waals surface area contributed by atoms with Gasteiger partial charge in [-0.3, -0.25) is 29.0 Å². The molecular formula is C12H18N2O9. The van der Waals surface area contributed by atoms with Crippen molar-refractivity contribution in [2.24, 2.45) is 0 Å². The molecule has 0 bridgehead atoms. The Kier molecular flexibility index (Phi) is 6.01. The summed E-state index contributed by atoms with van der Waals surface area (Å²) in [5.74, 6) is -5.37. The number of hydrogen-bond donors (Lipinski definition) is 5. The van der Waals surface area contributed by atoms with Crippen molar-refractivity contribution in [3.05, 3.63) is 0 Å². The molecule has 1 rings (SSSR count). The van der Waals surface area contributed by atoms with Gasteiger partial charge in [-0.25, -0.2) is 0 Å². The molecule has 1 atom stereocenters. The maximum atomic E-state index is 10.9. The molecule has 1 saturated carbocycles. The highest BCUT2D eigenvalue weighted by Crippen LogP contribution is 2.45. The molecule has 0 saturated heterocycles. The second-order valence-corrected chi connectivity index (χ2v) is 5.31. The van der Waals surface area contributed by atoms with E-state index >= 15 is 0 Å². The first kappa shape index (κ1) is 18.8. The van der Waals surface area contributed by atoms with Crippen LogP contribution in [0.1, 0.15) is 12.8 Å². The zero-order chi connectivity index (χ0) is 17.8. The van der Waals surface area contributed by atoms with Crippen LogP contribution in [0.5, 0.6) is 0 Å². The minimum atomic E-state index is -1.62. The molecule has 1 fully saturated rings. The third kappa shape index (κ3) is 5.16. The fourth-order valence-electron chi connectivity index (χ4n) is 2.48. The van der Waals surface area contributed by atoms with Gasteiger partial charge < -0.3 is 25.5 Å². The Morgan fingerprint density at radius 2 is 1.13 bits per heavy atom. The zero-order valence-corrected chi connectivity index (χ0v) is 12.1. The van der Waals surface area contributed by atoms with E-state index in [2.05, 4.69) is 0 Å². The fraction of sp³-hybridized carbons (Fsp3) is 0.667. The highest BCUT2D eigenvalue weighted by Gasteiger charge is 2.56. The van der Waals surface area contributed by atoms with E-state index in [4.69, 9.17) is 20.4 Å². The number of carbonyl (C=O) groups is 4. The number of nitrogens with zero attached hydrogens (tertiary/aromatic N) is 2. The topological polar surface area (TPSA) is 176 Å². The lowest BCUT2D eigenvalue weighted by molar-refractivity contribution is -0.157. The first-order valence-corrected chi connectivity index (χ1v) is 6.63. The Hall–Kier alpha value is -2.24. The van der Waals surface area contributed by atoms with Gasteiger partial charge in [-0.2, -0.15) is 0 Å². The molecule has 1 aliphatic carbocycles. The number of carboxylic acid groups (broad SMARTS) is 4. The van der Waals surface area contributed by atoms with E-state index in [1.165, 1.54) is 0 Å². The molecule has 11 heteroatoms. The van der Waals surface area contributed by atoms with Crippen LogP contribution in [0.2, 0.25) is 0 Å². The van der Waals surface area contributed by atoms with E-state index in [0.29, 0.717) is 0 Å². The standard InChI is InChI=1S/C12H18N2O9/c15-7(16)3-13(4-8(17)18)11(23)12(1-2-12)14(5-9(19)20)6-10(21)22/h11,23H,1-6H2,(H,15,16)(H,17,18)(H,19,20)(H,21,22). The summed E-state index contributed by atoms with van der Waals surface area (Å²) in [5, 5.41) is 45.8. The van der Waals surface area contributed by atoms with Crippen molar-refractivity contribution in [3.63, 3.8) is 0 Å². The van der Waals surface area contributed by atoms with E-state index < -0.39 is 61.8 Å². The zero-order valence-electron chi connectivity index (χ0n) is 12.1. The van der Waals surface area contributed by atoms with E-state index in [0.717, 1.165) is 9.80 Å². The lowest BCUT2D eigenvalue weighted by atomic mass is 10.1. The molecule has 0 heterocycles. The smallest absolute Gasteiger partial charge is 0.317 e. The summed E-state index contributed by atoms with van der Waals surface area (Å²) >= 11 is 0. The second-order valence-electron chi connectivity index (χ2n) is 5.31. The summed E-state index contributed by atoms with van der Waals surface area (Å²) in [6.07, 6.45) is -1.16. The SMILES string of the molecule is O=C(O)CN(CC(=O)O)C(O)C1(N(CC(=O)O)CC(=O)O)CC1. The fourth-order valence-corrected chi connectivity index (χ4v) is 2.48. The molecule has 5 N–H and O–H groups in total. The Bertz CT molecular complexity index is 471. The summed E-state index contributed by atoms with van der Waals surface area (Å²) in [7, 11) is 0. The van der Waals surface area contributed by atoms with Crippen molar-refractivity contribution in [1.82, 2.24) is 9.80 Å². The minimum Gasteiger partial charge on any atom is -0.480 e. The summed E-state index contributed by atoms with van der Waals surface area (Å²) < 4.78 is 0. The first-order valence-electron chi connectivity index (χ1n) is 6.63. The van der Waals surface area contributed by atoms with Crippen LogP contribution in [-0.2, 0) is 19.2 Å². The molecule has 23 heavy (non-hydrogen) atoms. The van der Waals surface area contributed by atoms with Gasteiger partial charge in [0.1, 0.15) is 6.23 Å². The average molecular weight is 334 g/mol. The maximum absolute atomic E-state index is 10.9. The highest BCUT2D eigenvalue weighted by atomic mass is 16.4. The van der Waals surface area contributed by atoms with Crippen molar-refractivity contribution in [2.75, 3.05) is 26.2 Å². The van der Waals surface area contributed by atoms with Crippen molar-refractivity contribution in [1.29, 1.82) is 0 Å². The third-order valence-corrected chi connectivity index (χ3v) is 3.55. The molecule has 1 unspecified atom stereocenters. The molecule has 0 aromatic carbocycles. The normalized spacial score (nSPS) is 17.0. The van der Waals surface area contributed by atoms with Gasteiger partial charge >= 0.3 is 23.9 Å². The Morgan fingerprint density at radius 3 is 1.39 bits per heavy atom. The van der Waals surface area contributed by atoms with Gasteiger partial charge in [0.25, 0.3) is 0 Å². The Labute approximate surface area is 130 Å². The van der Waals surface area contributed by atoms with E-state index in [1.54, 1.807) is 0 Å². The van der Waals surface area contributed by atoms with Crippen molar-refractivity contribution in [2.45, 2.75) is 24.6 Å². The van der Waals surface area contributed by atoms with Gasteiger partial charge in [-0.15, -0.1) is 0 Å². The number of aliphatic hydroxyl groups excluding tert-OH is 1. The summed E-state index contributed by atoms with van der Waals surface area (Å²) in [6.45, 7) is -2.89. The highest BCUT2D eigenvalue weighted by molar-refractivity contribution is 5.74. The van der Waals surface area contributed by atoms with E-state index in [1.807, 2.05) is 0 Å². The monoisotopic (exact) mass is 334 g/mol. The van der Waals surface area contributed by atoms with Gasteiger partial charge in [0, 0.05) is 0 Å². The van der Waals surface area contributed by atoms with Crippen LogP contribution in [-0.4, -0.2) is 97.2 Å². The average Bonchev–Trinajstić information content (AvgIpc) is 3.15. The molecule has 0 radical (unpaired) electrons. The van der Waals surface area contributed by atoms with Crippen LogP contribution >= 0.6 is 0 Å². The third-order valence-electron chi connectivity index (χ3n) is 3.55. The Morgan fingerprint density at radius 1 is 0.783 bits per heavy atom. The molecule has 0 aromatic rings. The van der Waals surface area contributed by atoms with Crippen molar-refractivity contribution in [3.8, 4) is 0 Å². The minimum absolute atomic E-state index is 0.227. The van der Waals surface area contributed by atoms with Gasteiger partial charge in [0.05, 0.1) is 31.7 Å². The number of aliphatic hydroxyl groups is 1. The van der Waals surface area contributed by atoms with Crippen LogP contribution in [0.25, 0.3) is 0 Å². The van der Waals surface area contributed by atoms with Gasteiger partial charge in [-0.05, 0) is 12.8 Å².